The lowest BCUT2D eigenvalue weighted by molar-refractivity contribution is -0.119. The van der Waals surface area contributed by atoms with Crippen LogP contribution >= 0.6 is 23.4 Å². The van der Waals surface area contributed by atoms with Crippen molar-refractivity contribution in [3.05, 3.63) is 33.6 Å². The minimum atomic E-state index is -0.0891. The smallest absolute Gasteiger partial charge is 0.262 e. The van der Waals surface area contributed by atoms with Crippen LogP contribution in [0.15, 0.2) is 28.2 Å². The van der Waals surface area contributed by atoms with E-state index in [9.17, 15) is 9.59 Å². The van der Waals surface area contributed by atoms with Crippen LogP contribution in [0.1, 0.15) is 39.5 Å². The van der Waals surface area contributed by atoms with E-state index in [4.69, 9.17) is 11.6 Å². The number of Topliss-reactive ketones (excluding diaryl/α,β-unsaturated/α-hetero) is 1. The van der Waals surface area contributed by atoms with Crippen molar-refractivity contribution in [1.82, 2.24) is 9.55 Å². The first-order valence-electron chi connectivity index (χ1n) is 8.35. The molecule has 0 saturated heterocycles. The summed E-state index contributed by atoms with van der Waals surface area (Å²) in [4.78, 5) is 29.8. The molecule has 1 heterocycles. The summed E-state index contributed by atoms with van der Waals surface area (Å²) < 4.78 is 1.70. The SMILES string of the molecule is CC(C)Cn1c(SC2CCCCC2=O)nc2ccc(Cl)cc2c1=O. The van der Waals surface area contributed by atoms with Gasteiger partial charge < -0.3 is 0 Å². The normalized spacial score (nSPS) is 18.5. The van der Waals surface area contributed by atoms with E-state index in [1.165, 1.54) is 11.8 Å². The number of carbonyl (C=O) groups excluding carboxylic acids is 1. The maximum absolute atomic E-state index is 12.9. The van der Waals surface area contributed by atoms with Gasteiger partial charge in [0.2, 0.25) is 0 Å². The number of carbonyl (C=O) groups is 1. The van der Waals surface area contributed by atoms with E-state index >= 15 is 0 Å². The van der Waals surface area contributed by atoms with E-state index in [0.717, 1.165) is 19.3 Å². The van der Waals surface area contributed by atoms with Crippen molar-refractivity contribution in [3.63, 3.8) is 0 Å². The Bertz CT molecular complexity index is 832. The van der Waals surface area contributed by atoms with Gasteiger partial charge in [-0.3, -0.25) is 14.2 Å². The molecule has 1 aromatic heterocycles. The van der Waals surface area contributed by atoms with E-state index < -0.39 is 0 Å². The molecule has 1 unspecified atom stereocenters. The van der Waals surface area contributed by atoms with Crippen LogP contribution in [0, 0.1) is 5.92 Å². The first-order valence-corrected chi connectivity index (χ1v) is 9.61. The van der Waals surface area contributed by atoms with Crippen molar-refractivity contribution in [1.29, 1.82) is 0 Å². The van der Waals surface area contributed by atoms with Gasteiger partial charge in [0.25, 0.3) is 5.56 Å². The molecule has 1 aliphatic carbocycles. The van der Waals surface area contributed by atoms with Crippen LogP contribution in [0.3, 0.4) is 0 Å². The van der Waals surface area contributed by atoms with Gasteiger partial charge in [-0.1, -0.05) is 43.6 Å². The van der Waals surface area contributed by atoms with E-state index in [1.807, 2.05) is 0 Å². The molecule has 1 fully saturated rings. The van der Waals surface area contributed by atoms with Crippen molar-refractivity contribution < 1.29 is 4.79 Å². The lowest BCUT2D eigenvalue weighted by Gasteiger charge is -2.22. The minimum absolute atomic E-state index is 0.0815. The largest absolute Gasteiger partial charge is 0.298 e. The first-order chi connectivity index (χ1) is 11.5. The first kappa shape index (κ1) is 17.5. The summed E-state index contributed by atoms with van der Waals surface area (Å²) in [5, 5.41) is 1.61. The van der Waals surface area contributed by atoms with E-state index in [1.54, 1.807) is 22.8 Å². The van der Waals surface area contributed by atoms with Crippen LogP contribution in [-0.4, -0.2) is 20.6 Å². The molecule has 6 heteroatoms. The van der Waals surface area contributed by atoms with Crippen molar-refractivity contribution in [3.8, 4) is 0 Å². The standard InChI is InChI=1S/C18H21ClN2O2S/c1-11(2)10-21-17(23)13-9-12(19)7-8-14(13)20-18(21)24-16-6-4-3-5-15(16)22/h7-9,11,16H,3-6,10H2,1-2H3. The highest BCUT2D eigenvalue weighted by Gasteiger charge is 2.25. The van der Waals surface area contributed by atoms with Gasteiger partial charge >= 0.3 is 0 Å². The van der Waals surface area contributed by atoms with Gasteiger partial charge in [-0.2, -0.15) is 0 Å². The highest BCUT2D eigenvalue weighted by atomic mass is 35.5. The predicted molar refractivity (Wildman–Crippen MR) is 99.0 cm³/mol. The monoisotopic (exact) mass is 364 g/mol. The van der Waals surface area contributed by atoms with Crippen molar-refractivity contribution in [2.24, 2.45) is 5.92 Å². The molecule has 0 spiro atoms. The van der Waals surface area contributed by atoms with Crippen LogP contribution in [0.5, 0.6) is 0 Å². The van der Waals surface area contributed by atoms with E-state index in [-0.39, 0.29) is 16.6 Å². The van der Waals surface area contributed by atoms with Gasteiger partial charge in [0.05, 0.1) is 16.2 Å². The third-order valence-electron chi connectivity index (χ3n) is 4.18. The Labute approximate surface area is 150 Å². The van der Waals surface area contributed by atoms with Crippen LogP contribution in [0.25, 0.3) is 10.9 Å². The highest BCUT2D eigenvalue weighted by Crippen LogP contribution is 2.31. The Morgan fingerprint density at radius 3 is 2.83 bits per heavy atom. The minimum Gasteiger partial charge on any atom is -0.298 e. The van der Waals surface area contributed by atoms with Gasteiger partial charge in [-0.15, -0.1) is 0 Å². The number of halogens is 1. The molecule has 2 aromatic rings. The number of aromatic nitrogens is 2. The number of rotatable bonds is 4. The number of hydrogen-bond acceptors (Lipinski definition) is 4. The van der Waals surface area contributed by atoms with E-state index in [2.05, 4.69) is 18.8 Å². The number of hydrogen-bond donors (Lipinski definition) is 0. The quantitative estimate of drug-likeness (QED) is 0.758. The summed E-state index contributed by atoms with van der Waals surface area (Å²) in [7, 11) is 0. The third-order valence-corrected chi connectivity index (χ3v) is 5.72. The van der Waals surface area contributed by atoms with Crippen molar-refractivity contribution >= 4 is 40.0 Å². The highest BCUT2D eigenvalue weighted by molar-refractivity contribution is 8.00. The van der Waals surface area contributed by atoms with Crippen LogP contribution in [-0.2, 0) is 11.3 Å². The molecular formula is C18H21ClN2O2S. The second-order valence-electron chi connectivity index (χ2n) is 6.68. The molecular weight excluding hydrogens is 344 g/mol. The summed E-state index contributed by atoms with van der Waals surface area (Å²) in [5.41, 5.74) is 0.553. The Hall–Kier alpha value is -1.33. The average molecular weight is 365 g/mol. The Morgan fingerprint density at radius 2 is 2.12 bits per heavy atom. The molecule has 0 aliphatic heterocycles. The number of ketones is 1. The number of thioether (sulfide) groups is 1. The van der Waals surface area contributed by atoms with Gasteiger partial charge in [0.1, 0.15) is 5.78 Å². The Balaban J connectivity index is 2.08. The number of fused-ring (bicyclic) bond motifs is 1. The second kappa shape index (κ2) is 7.28. The molecule has 1 aliphatic rings. The Morgan fingerprint density at radius 1 is 1.33 bits per heavy atom. The van der Waals surface area contributed by atoms with Crippen LogP contribution < -0.4 is 5.56 Å². The van der Waals surface area contributed by atoms with Gasteiger partial charge in [0, 0.05) is 18.0 Å². The average Bonchev–Trinajstić information content (AvgIpc) is 2.54. The molecule has 128 valence electrons. The molecule has 0 bridgehead atoms. The lowest BCUT2D eigenvalue weighted by atomic mass is 9.99. The topological polar surface area (TPSA) is 52.0 Å². The summed E-state index contributed by atoms with van der Waals surface area (Å²) in [6, 6.07) is 5.18. The summed E-state index contributed by atoms with van der Waals surface area (Å²) in [6.45, 7) is 4.71. The molecule has 3 rings (SSSR count). The fourth-order valence-corrected chi connectivity index (χ4v) is 4.39. The lowest BCUT2D eigenvalue weighted by Crippen LogP contribution is -2.28. The van der Waals surface area contributed by atoms with Crippen LogP contribution in [0.4, 0.5) is 0 Å². The molecule has 1 atom stereocenters. The molecule has 24 heavy (non-hydrogen) atoms. The van der Waals surface area contributed by atoms with Crippen molar-refractivity contribution in [2.45, 2.75) is 56.5 Å². The fourth-order valence-electron chi connectivity index (χ4n) is 2.99. The zero-order valence-electron chi connectivity index (χ0n) is 13.9. The maximum Gasteiger partial charge on any atom is 0.262 e. The zero-order valence-corrected chi connectivity index (χ0v) is 15.5. The van der Waals surface area contributed by atoms with E-state index in [0.29, 0.717) is 40.0 Å². The Kier molecular flexibility index (Phi) is 5.30. The second-order valence-corrected chi connectivity index (χ2v) is 8.29. The third kappa shape index (κ3) is 3.67. The van der Waals surface area contributed by atoms with Crippen molar-refractivity contribution in [2.75, 3.05) is 0 Å². The molecule has 0 N–H and O–H groups in total. The summed E-state index contributed by atoms with van der Waals surface area (Å²) in [6.07, 6.45) is 3.52. The molecule has 0 amide bonds. The number of benzene rings is 1. The maximum atomic E-state index is 12.9. The van der Waals surface area contributed by atoms with Gasteiger partial charge in [0.15, 0.2) is 5.16 Å². The molecule has 1 saturated carbocycles. The summed E-state index contributed by atoms with van der Waals surface area (Å²) >= 11 is 7.48. The van der Waals surface area contributed by atoms with Gasteiger partial charge in [-0.25, -0.2) is 4.98 Å². The summed E-state index contributed by atoms with van der Waals surface area (Å²) in [5.74, 6) is 0.579. The predicted octanol–water partition coefficient (Wildman–Crippen LogP) is 4.31. The number of nitrogens with zero attached hydrogens (tertiary/aromatic N) is 2. The molecule has 1 aromatic carbocycles. The van der Waals surface area contributed by atoms with Gasteiger partial charge in [-0.05, 0) is 37.0 Å². The zero-order chi connectivity index (χ0) is 17.3. The molecule has 0 radical (unpaired) electrons. The van der Waals surface area contributed by atoms with Crippen LogP contribution in [0.2, 0.25) is 5.02 Å². The molecule has 4 nitrogen and oxygen atoms in total. The fraction of sp³-hybridized carbons (Fsp3) is 0.500.